The first-order valence-corrected chi connectivity index (χ1v) is 11.4. The second-order valence-corrected chi connectivity index (χ2v) is 8.40. The quantitative estimate of drug-likeness (QED) is 0.609. The van der Waals surface area contributed by atoms with Crippen molar-refractivity contribution in [3.05, 3.63) is 54.1 Å². The second kappa shape index (κ2) is 9.72. The number of nitrogens with zero attached hydrogens (tertiary/aromatic N) is 2. The van der Waals surface area contributed by atoms with Gasteiger partial charge in [0, 0.05) is 24.5 Å². The summed E-state index contributed by atoms with van der Waals surface area (Å²) < 4.78 is 10.6. The van der Waals surface area contributed by atoms with Crippen LogP contribution in [-0.4, -0.2) is 62.2 Å². The summed E-state index contributed by atoms with van der Waals surface area (Å²) in [4.78, 5) is 42.5. The number of ether oxygens (including phenoxy) is 2. The van der Waals surface area contributed by atoms with E-state index >= 15 is 0 Å². The molecule has 0 spiro atoms. The Labute approximate surface area is 199 Å². The number of urea groups is 1. The molecule has 2 atom stereocenters. The molecule has 9 nitrogen and oxygen atoms in total. The minimum atomic E-state index is -1.22. The van der Waals surface area contributed by atoms with Crippen molar-refractivity contribution in [1.29, 1.82) is 0 Å². The Balaban J connectivity index is 1.47. The molecule has 2 aromatic rings. The van der Waals surface area contributed by atoms with E-state index in [2.05, 4.69) is 15.5 Å². The summed E-state index contributed by atoms with van der Waals surface area (Å²) >= 11 is 0. The average molecular weight is 467 g/mol. The minimum absolute atomic E-state index is 0.345. The Hall–Kier alpha value is -3.59. The highest BCUT2D eigenvalue weighted by molar-refractivity contribution is 6.11. The molecule has 9 heteroatoms. The van der Waals surface area contributed by atoms with Crippen LogP contribution in [0.4, 0.5) is 16.2 Å². The van der Waals surface area contributed by atoms with Gasteiger partial charge in [0.2, 0.25) is 5.91 Å². The van der Waals surface area contributed by atoms with E-state index in [1.165, 1.54) is 0 Å². The number of carbonyl (C=O) groups is 3. The highest BCUT2D eigenvalue weighted by Crippen LogP contribution is 2.34. The van der Waals surface area contributed by atoms with Crippen molar-refractivity contribution >= 4 is 29.2 Å². The van der Waals surface area contributed by atoms with Gasteiger partial charge in [-0.2, -0.15) is 0 Å². The van der Waals surface area contributed by atoms with Gasteiger partial charge in [0.1, 0.15) is 17.3 Å². The van der Waals surface area contributed by atoms with Crippen LogP contribution in [0.5, 0.6) is 5.75 Å². The number of methoxy groups -OCH3 is 1. The Morgan fingerprint density at radius 1 is 1.12 bits per heavy atom. The van der Waals surface area contributed by atoms with Crippen LogP contribution in [-0.2, 0) is 19.9 Å². The van der Waals surface area contributed by atoms with Gasteiger partial charge in [-0.1, -0.05) is 19.1 Å². The maximum absolute atomic E-state index is 13.5. The summed E-state index contributed by atoms with van der Waals surface area (Å²) in [7, 11) is 1.56. The lowest BCUT2D eigenvalue weighted by molar-refractivity contribution is -0.136. The maximum atomic E-state index is 13.5. The van der Waals surface area contributed by atoms with Crippen LogP contribution >= 0.6 is 0 Å². The molecule has 4 rings (SSSR count). The number of morpholine rings is 1. The highest BCUT2D eigenvalue weighted by Gasteiger charge is 2.53. The molecular weight excluding hydrogens is 436 g/mol. The third kappa shape index (κ3) is 4.31. The molecule has 34 heavy (non-hydrogen) atoms. The molecule has 2 saturated heterocycles. The minimum Gasteiger partial charge on any atom is -0.497 e. The SMILES string of the molecule is CCC1(c2ccc(OC)cc2)NC(=O)N(C(C)C(=O)Nc2ccc(N3CCOCC3)cc2)C1=O. The fourth-order valence-electron chi connectivity index (χ4n) is 4.40. The van der Waals surface area contributed by atoms with Crippen molar-refractivity contribution < 1.29 is 23.9 Å². The van der Waals surface area contributed by atoms with E-state index < -0.39 is 29.4 Å². The molecule has 2 aliphatic rings. The summed E-state index contributed by atoms with van der Waals surface area (Å²) in [6.45, 7) is 6.40. The molecule has 0 radical (unpaired) electrons. The summed E-state index contributed by atoms with van der Waals surface area (Å²) in [5, 5.41) is 5.63. The summed E-state index contributed by atoms with van der Waals surface area (Å²) in [6.07, 6.45) is 0.345. The van der Waals surface area contributed by atoms with Gasteiger partial charge in [0.15, 0.2) is 0 Å². The van der Waals surface area contributed by atoms with Gasteiger partial charge in [0.25, 0.3) is 5.91 Å². The zero-order valence-corrected chi connectivity index (χ0v) is 19.7. The second-order valence-electron chi connectivity index (χ2n) is 8.40. The van der Waals surface area contributed by atoms with Crippen LogP contribution in [0.1, 0.15) is 25.8 Å². The largest absolute Gasteiger partial charge is 0.497 e. The standard InChI is InChI=1S/C25H30N4O5/c1-4-25(18-5-11-21(33-3)12-6-18)23(31)29(24(32)27-25)17(2)22(30)26-19-7-9-20(10-8-19)28-13-15-34-16-14-28/h5-12,17H,4,13-16H2,1-3H3,(H,26,30)(H,27,32). The lowest BCUT2D eigenvalue weighted by Crippen LogP contribution is -2.47. The Morgan fingerprint density at radius 2 is 1.76 bits per heavy atom. The van der Waals surface area contributed by atoms with E-state index in [-0.39, 0.29) is 0 Å². The number of benzene rings is 2. The van der Waals surface area contributed by atoms with Crippen molar-refractivity contribution in [2.45, 2.75) is 31.8 Å². The molecule has 2 heterocycles. The zero-order valence-electron chi connectivity index (χ0n) is 19.7. The Morgan fingerprint density at radius 3 is 2.35 bits per heavy atom. The molecule has 180 valence electrons. The number of hydrogen-bond donors (Lipinski definition) is 2. The van der Waals surface area contributed by atoms with E-state index in [1.54, 1.807) is 38.3 Å². The van der Waals surface area contributed by atoms with Crippen molar-refractivity contribution in [3.8, 4) is 5.75 Å². The Kier molecular flexibility index (Phi) is 6.74. The average Bonchev–Trinajstić information content (AvgIpc) is 3.14. The number of amides is 4. The molecule has 2 aliphatic heterocycles. The normalized spacial score (nSPS) is 21.3. The van der Waals surface area contributed by atoms with Crippen LogP contribution < -0.4 is 20.3 Å². The van der Waals surface area contributed by atoms with E-state index in [9.17, 15) is 14.4 Å². The molecule has 0 saturated carbocycles. The van der Waals surface area contributed by atoms with Gasteiger partial charge in [-0.25, -0.2) is 9.69 Å². The van der Waals surface area contributed by atoms with Crippen molar-refractivity contribution in [2.24, 2.45) is 0 Å². The third-order valence-electron chi connectivity index (χ3n) is 6.51. The van der Waals surface area contributed by atoms with Gasteiger partial charge in [-0.3, -0.25) is 9.59 Å². The number of rotatable bonds is 7. The first-order valence-electron chi connectivity index (χ1n) is 11.4. The van der Waals surface area contributed by atoms with Crippen molar-refractivity contribution in [2.75, 3.05) is 43.6 Å². The van der Waals surface area contributed by atoms with Crippen LogP contribution in [0, 0.1) is 0 Å². The lowest BCUT2D eigenvalue weighted by atomic mass is 9.87. The van der Waals surface area contributed by atoms with Crippen LogP contribution in [0.3, 0.4) is 0 Å². The number of anilines is 2. The molecule has 2 N–H and O–H groups in total. The molecule has 0 aromatic heterocycles. The molecule has 4 amide bonds. The van der Waals surface area contributed by atoms with Crippen LogP contribution in [0.2, 0.25) is 0 Å². The van der Waals surface area contributed by atoms with Crippen LogP contribution in [0.25, 0.3) is 0 Å². The monoisotopic (exact) mass is 466 g/mol. The summed E-state index contributed by atoms with van der Waals surface area (Å²) in [5.41, 5.74) is 1.06. The number of carbonyl (C=O) groups excluding carboxylic acids is 3. The smallest absolute Gasteiger partial charge is 0.326 e. The van der Waals surface area contributed by atoms with Crippen molar-refractivity contribution in [1.82, 2.24) is 10.2 Å². The zero-order chi connectivity index (χ0) is 24.3. The van der Waals surface area contributed by atoms with Gasteiger partial charge < -0.3 is 25.0 Å². The number of nitrogens with one attached hydrogen (secondary N) is 2. The van der Waals surface area contributed by atoms with Gasteiger partial charge >= 0.3 is 6.03 Å². The summed E-state index contributed by atoms with van der Waals surface area (Å²) in [5.74, 6) is -0.240. The maximum Gasteiger partial charge on any atom is 0.326 e. The predicted molar refractivity (Wildman–Crippen MR) is 128 cm³/mol. The van der Waals surface area contributed by atoms with Crippen LogP contribution in [0.15, 0.2) is 48.5 Å². The molecule has 0 bridgehead atoms. The third-order valence-corrected chi connectivity index (χ3v) is 6.51. The predicted octanol–water partition coefficient (Wildman–Crippen LogP) is 2.72. The molecule has 2 fully saturated rings. The number of hydrogen-bond acceptors (Lipinski definition) is 6. The lowest BCUT2D eigenvalue weighted by Gasteiger charge is -2.29. The molecule has 2 unspecified atom stereocenters. The van der Waals surface area contributed by atoms with Gasteiger partial charge in [-0.05, 0) is 55.3 Å². The molecule has 0 aliphatic carbocycles. The highest BCUT2D eigenvalue weighted by atomic mass is 16.5. The Bertz CT molecular complexity index is 1050. The van der Waals surface area contributed by atoms with Crippen molar-refractivity contribution in [3.63, 3.8) is 0 Å². The van der Waals surface area contributed by atoms with Gasteiger partial charge in [-0.15, -0.1) is 0 Å². The van der Waals surface area contributed by atoms with E-state index in [0.717, 1.165) is 23.7 Å². The fraction of sp³-hybridized carbons (Fsp3) is 0.400. The topological polar surface area (TPSA) is 100 Å². The van der Waals surface area contributed by atoms with E-state index in [0.29, 0.717) is 36.6 Å². The summed E-state index contributed by atoms with van der Waals surface area (Å²) in [6, 6.07) is 12.9. The number of imide groups is 1. The van der Waals surface area contributed by atoms with E-state index in [1.807, 2.05) is 31.2 Å². The van der Waals surface area contributed by atoms with E-state index in [4.69, 9.17) is 9.47 Å². The van der Waals surface area contributed by atoms with Gasteiger partial charge in [0.05, 0.1) is 20.3 Å². The fourth-order valence-corrected chi connectivity index (χ4v) is 4.40. The first-order chi connectivity index (χ1) is 16.4. The first kappa shape index (κ1) is 23.6. The molecule has 2 aromatic carbocycles. The molecular formula is C25H30N4O5.